The third kappa shape index (κ3) is 5.40. The highest BCUT2D eigenvalue weighted by atomic mass is 16.5. The molecule has 0 aliphatic carbocycles. The Labute approximate surface area is 156 Å². The minimum absolute atomic E-state index is 0.294. The summed E-state index contributed by atoms with van der Waals surface area (Å²) in [5.74, 6) is 0.360. The number of hydrogen-bond acceptors (Lipinski definition) is 5. The van der Waals surface area contributed by atoms with E-state index in [1.165, 1.54) is 6.20 Å². The van der Waals surface area contributed by atoms with E-state index in [4.69, 9.17) is 9.47 Å². The topological polar surface area (TPSA) is 77.5 Å². The van der Waals surface area contributed by atoms with E-state index in [1.807, 2.05) is 31.2 Å². The van der Waals surface area contributed by atoms with Gasteiger partial charge < -0.3 is 14.8 Å². The Morgan fingerprint density at radius 1 is 0.963 bits per heavy atom. The van der Waals surface area contributed by atoms with E-state index in [-0.39, 0.29) is 6.61 Å². The molecule has 0 saturated carbocycles. The van der Waals surface area contributed by atoms with E-state index in [1.54, 1.807) is 42.6 Å². The first-order valence-electron chi connectivity index (χ1n) is 8.32. The van der Waals surface area contributed by atoms with Crippen LogP contribution in [0, 0.1) is 6.92 Å². The number of ether oxygens (including phenoxy) is 2. The lowest BCUT2D eigenvalue weighted by atomic mass is 10.2. The Morgan fingerprint density at radius 3 is 2.26 bits per heavy atom. The van der Waals surface area contributed by atoms with E-state index in [9.17, 15) is 9.59 Å². The highest BCUT2D eigenvalue weighted by Gasteiger charge is 2.10. The van der Waals surface area contributed by atoms with E-state index in [0.29, 0.717) is 17.0 Å². The number of esters is 1. The summed E-state index contributed by atoms with van der Waals surface area (Å²) in [4.78, 5) is 27.5. The summed E-state index contributed by atoms with van der Waals surface area (Å²) in [5, 5.41) is 2.66. The van der Waals surface area contributed by atoms with Crippen molar-refractivity contribution < 1.29 is 19.1 Å². The highest BCUT2D eigenvalue weighted by Crippen LogP contribution is 2.23. The Balaban J connectivity index is 1.49. The zero-order chi connectivity index (χ0) is 19.1. The van der Waals surface area contributed by atoms with Crippen molar-refractivity contribution in [2.24, 2.45) is 0 Å². The molecule has 0 saturated heterocycles. The fraction of sp³-hybridized carbons (Fsp3) is 0.0952. The number of hydrogen-bond donors (Lipinski definition) is 1. The molecule has 1 amide bonds. The van der Waals surface area contributed by atoms with Crippen molar-refractivity contribution in [3.8, 4) is 11.5 Å². The predicted octanol–water partition coefficient (Wildman–Crippen LogP) is 3.98. The largest absolute Gasteiger partial charge is 0.457 e. The number of pyridine rings is 1. The second-order valence-corrected chi connectivity index (χ2v) is 5.81. The molecule has 3 rings (SSSR count). The number of nitrogens with one attached hydrogen (secondary N) is 1. The summed E-state index contributed by atoms with van der Waals surface area (Å²) in [6.45, 7) is 1.63. The predicted molar refractivity (Wildman–Crippen MR) is 101 cm³/mol. The smallest absolute Gasteiger partial charge is 0.340 e. The van der Waals surface area contributed by atoms with Crippen molar-refractivity contribution >= 4 is 17.6 Å². The monoisotopic (exact) mass is 362 g/mol. The van der Waals surface area contributed by atoms with Crippen LogP contribution in [0.1, 0.15) is 15.9 Å². The molecule has 6 nitrogen and oxygen atoms in total. The number of aryl methyl sites for hydroxylation is 1. The molecule has 27 heavy (non-hydrogen) atoms. The van der Waals surface area contributed by atoms with Gasteiger partial charge in [0.1, 0.15) is 11.5 Å². The van der Waals surface area contributed by atoms with Crippen molar-refractivity contribution in [3.05, 3.63) is 84.2 Å². The summed E-state index contributed by atoms with van der Waals surface area (Å²) in [5.41, 5.74) is 2.03. The van der Waals surface area contributed by atoms with E-state index in [2.05, 4.69) is 10.3 Å². The zero-order valence-corrected chi connectivity index (χ0v) is 14.7. The van der Waals surface area contributed by atoms with Crippen molar-refractivity contribution in [1.29, 1.82) is 0 Å². The van der Waals surface area contributed by atoms with Crippen LogP contribution in [0.4, 0.5) is 5.69 Å². The van der Waals surface area contributed by atoms with Crippen LogP contribution in [0.3, 0.4) is 0 Å². The molecule has 3 aromatic rings. The van der Waals surface area contributed by atoms with Crippen molar-refractivity contribution in [1.82, 2.24) is 4.98 Å². The average molecular weight is 362 g/mol. The van der Waals surface area contributed by atoms with Gasteiger partial charge in [0.05, 0.1) is 5.56 Å². The Hall–Kier alpha value is -3.67. The molecule has 0 unspecified atom stereocenters. The molecule has 0 aliphatic heterocycles. The van der Waals surface area contributed by atoms with Gasteiger partial charge in [0.15, 0.2) is 6.61 Å². The summed E-state index contributed by atoms with van der Waals surface area (Å²) in [6.07, 6.45) is 2.93. The number of nitrogens with zero attached hydrogens (tertiary/aromatic N) is 1. The molecule has 1 heterocycles. The van der Waals surface area contributed by atoms with Gasteiger partial charge in [0.2, 0.25) is 0 Å². The second kappa shape index (κ2) is 8.62. The Bertz CT molecular complexity index is 907. The van der Waals surface area contributed by atoms with Crippen LogP contribution < -0.4 is 10.1 Å². The molecule has 1 N–H and O–H groups in total. The van der Waals surface area contributed by atoms with Gasteiger partial charge in [-0.2, -0.15) is 0 Å². The molecule has 0 aliphatic rings. The molecule has 0 bridgehead atoms. The minimum atomic E-state index is -0.597. The number of anilines is 1. The third-order valence-electron chi connectivity index (χ3n) is 3.63. The Morgan fingerprint density at radius 2 is 1.63 bits per heavy atom. The Kier molecular flexibility index (Phi) is 5.79. The lowest BCUT2D eigenvalue weighted by Gasteiger charge is -2.09. The maximum atomic E-state index is 11.9. The molecule has 0 atom stereocenters. The third-order valence-corrected chi connectivity index (χ3v) is 3.63. The number of aromatic nitrogens is 1. The van der Waals surface area contributed by atoms with Crippen LogP contribution in [-0.4, -0.2) is 23.5 Å². The first-order chi connectivity index (χ1) is 13.1. The molecular formula is C21H18N2O4. The SMILES string of the molecule is Cc1ccc(Oc2ccc(NC(=O)COC(=O)c3cccnc3)cc2)cc1. The molecular weight excluding hydrogens is 344 g/mol. The van der Waals surface area contributed by atoms with Crippen LogP contribution in [0.25, 0.3) is 0 Å². The van der Waals surface area contributed by atoms with Crippen LogP contribution in [0.2, 0.25) is 0 Å². The first kappa shape index (κ1) is 18.1. The molecule has 0 spiro atoms. The molecule has 0 fully saturated rings. The highest BCUT2D eigenvalue weighted by molar-refractivity contribution is 5.95. The summed E-state index contributed by atoms with van der Waals surface area (Å²) >= 11 is 0. The maximum absolute atomic E-state index is 11.9. The normalized spacial score (nSPS) is 10.1. The van der Waals surface area contributed by atoms with Crippen LogP contribution in [0.15, 0.2) is 73.1 Å². The number of carbonyl (C=O) groups is 2. The number of benzene rings is 2. The summed E-state index contributed by atoms with van der Waals surface area (Å²) < 4.78 is 10.7. The van der Waals surface area contributed by atoms with Crippen molar-refractivity contribution in [3.63, 3.8) is 0 Å². The first-order valence-corrected chi connectivity index (χ1v) is 8.32. The van der Waals surface area contributed by atoms with Crippen LogP contribution >= 0.6 is 0 Å². The molecule has 136 valence electrons. The quantitative estimate of drug-likeness (QED) is 0.671. The second-order valence-electron chi connectivity index (χ2n) is 5.81. The van der Waals surface area contributed by atoms with E-state index in [0.717, 1.165) is 11.3 Å². The van der Waals surface area contributed by atoms with Crippen molar-refractivity contribution in [2.45, 2.75) is 6.92 Å². The van der Waals surface area contributed by atoms with Gasteiger partial charge in [-0.05, 0) is 55.5 Å². The van der Waals surface area contributed by atoms with Gasteiger partial charge in [-0.15, -0.1) is 0 Å². The van der Waals surface area contributed by atoms with Crippen molar-refractivity contribution in [2.75, 3.05) is 11.9 Å². The standard InChI is InChI=1S/C21H18N2O4/c1-15-4-8-18(9-5-15)27-19-10-6-17(7-11-19)23-20(24)14-26-21(25)16-3-2-12-22-13-16/h2-13H,14H2,1H3,(H,23,24). The van der Waals surface area contributed by atoms with Gasteiger partial charge in [-0.1, -0.05) is 17.7 Å². The lowest BCUT2D eigenvalue weighted by molar-refractivity contribution is -0.119. The lowest BCUT2D eigenvalue weighted by Crippen LogP contribution is -2.20. The summed E-state index contributed by atoms with van der Waals surface area (Å²) in [6, 6.07) is 17.8. The van der Waals surface area contributed by atoms with E-state index >= 15 is 0 Å². The minimum Gasteiger partial charge on any atom is -0.457 e. The maximum Gasteiger partial charge on any atom is 0.340 e. The van der Waals surface area contributed by atoms with Gasteiger partial charge in [-0.25, -0.2) is 4.79 Å². The van der Waals surface area contributed by atoms with Gasteiger partial charge >= 0.3 is 5.97 Å². The molecule has 1 aromatic heterocycles. The fourth-order valence-corrected chi connectivity index (χ4v) is 2.24. The van der Waals surface area contributed by atoms with Crippen LogP contribution in [-0.2, 0) is 9.53 Å². The number of carbonyl (C=O) groups excluding carboxylic acids is 2. The van der Waals surface area contributed by atoms with Gasteiger partial charge in [-0.3, -0.25) is 9.78 Å². The molecule has 2 aromatic carbocycles. The molecule has 6 heteroatoms. The number of amides is 1. The van der Waals surface area contributed by atoms with E-state index < -0.39 is 11.9 Å². The summed E-state index contributed by atoms with van der Waals surface area (Å²) in [7, 11) is 0. The van der Waals surface area contributed by atoms with Gasteiger partial charge in [0.25, 0.3) is 5.91 Å². The fourth-order valence-electron chi connectivity index (χ4n) is 2.24. The van der Waals surface area contributed by atoms with Crippen LogP contribution in [0.5, 0.6) is 11.5 Å². The average Bonchev–Trinajstić information content (AvgIpc) is 2.70. The van der Waals surface area contributed by atoms with Gasteiger partial charge in [0, 0.05) is 18.1 Å². The number of rotatable bonds is 6. The zero-order valence-electron chi connectivity index (χ0n) is 14.7. The molecule has 0 radical (unpaired) electrons.